The van der Waals surface area contributed by atoms with Gasteiger partial charge in [0.1, 0.15) is 0 Å². The van der Waals surface area contributed by atoms with E-state index in [0.29, 0.717) is 11.6 Å². The smallest absolute Gasteiger partial charge is 0.208 e. The van der Waals surface area contributed by atoms with Gasteiger partial charge in [-0.1, -0.05) is 103 Å². The first kappa shape index (κ1) is 19.6. The van der Waals surface area contributed by atoms with E-state index in [1.165, 1.54) is 16.2 Å². The topological polar surface area (TPSA) is 38.7 Å². The van der Waals surface area contributed by atoms with E-state index >= 15 is 0 Å². The molecule has 1 heterocycles. The molecule has 4 heteroatoms. The lowest BCUT2D eigenvalue weighted by Gasteiger charge is -2.11. The Morgan fingerprint density at radius 2 is 1.09 bits per heavy atom. The van der Waals surface area contributed by atoms with Gasteiger partial charge in [0, 0.05) is 11.1 Å². The summed E-state index contributed by atoms with van der Waals surface area (Å²) in [6.07, 6.45) is 0. The summed E-state index contributed by atoms with van der Waals surface area (Å²) in [7, 11) is 0. The molecule has 0 bridgehead atoms. The van der Waals surface area contributed by atoms with Crippen molar-refractivity contribution in [2.75, 3.05) is 0 Å². The van der Waals surface area contributed by atoms with E-state index in [1.807, 2.05) is 42.5 Å². The second-order valence-electron chi connectivity index (χ2n) is 7.89. The second-order valence-corrected chi connectivity index (χ2v) is 8.22. The van der Waals surface area contributed by atoms with E-state index in [4.69, 9.17) is 16.6 Å². The first-order valence-corrected chi connectivity index (χ1v) is 11.1. The van der Waals surface area contributed by atoms with Gasteiger partial charge in [-0.2, -0.15) is 9.97 Å². The fourth-order valence-electron chi connectivity index (χ4n) is 4.29. The van der Waals surface area contributed by atoms with Crippen LogP contribution in [-0.4, -0.2) is 15.0 Å². The van der Waals surface area contributed by atoms with Crippen LogP contribution in [0.5, 0.6) is 0 Å². The molecule has 5 aromatic carbocycles. The second kappa shape index (κ2) is 8.12. The lowest BCUT2D eigenvalue weighted by Crippen LogP contribution is -1.98. The maximum Gasteiger partial charge on any atom is 0.226 e. The molecule has 0 radical (unpaired) electrons. The van der Waals surface area contributed by atoms with Crippen molar-refractivity contribution < 1.29 is 0 Å². The Bertz CT molecular complexity index is 1630. The Morgan fingerprint density at radius 1 is 0.455 bits per heavy atom. The third-order valence-electron chi connectivity index (χ3n) is 5.87. The van der Waals surface area contributed by atoms with Gasteiger partial charge in [0.25, 0.3) is 0 Å². The molecule has 0 aliphatic heterocycles. The number of fused-ring (bicyclic) bond motifs is 3. The summed E-state index contributed by atoms with van der Waals surface area (Å²) >= 11 is 6.40. The van der Waals surface area contributed by atoms with Gasteiger partial charge >= 0.3 is 0 Å². The van der Waals surface area contributed by atoms with Crippen LogP contribution >= 0.6 is 11.6 Å². The van der Waals surface area contributed by atoms with Gasteiger partial charge in [0.2, 0.25) is 5.28 Å². The Kier molecular flexibility index (Phi) is 4.82. The average molecular weight is 444 g/mol. The minimum absolute atomic E-state index is 0.177. The SMILES string of the molecule is Clc1nc(-c2ccc3ccc4ccccc4c3c2)nc(-c2ccccc2-c2ccccc2)n1. The first-order valence-electron chi connectivity index (χ1n) is 10.7. The van der Waals surface area contributed by atoms with Gasteiger partial charge < -0.3 is 0 Å². The maximum atomic E-state index is 6.40. The first-order chi connectivity index (χ1) is 16.3. The van der Waals surface area contributed by atoms with Crippen LogP contribution in [0.25, 0.3) is 55.4 Å². The number of hydrogen-bond acceptors (Lipinski definition) is 3. The van der Waals surface area contributed by atoms with Crippen molar-refractivity contribution in [3.63, 3.8) is 0 Å². The summed E-state index contributed by atoms with van der Waals surface area (Å²) in [4.78, 5) is 13.8. The molecule has 33 heavy (non-hydrogen) atoms. The quantitative estimate of drug-likeness (QED) is 0.261. The van der Waals surface area contributed by atoms with E-state index in [2.05, 4.69) is 76.7 Å². The van der Waals surface area contributed by atoms with Crippen LogP contribution in [0.3, 0.4) is 0 Å². The highest BCUT2D eigenvalue weighted by atomic mass is 35.5. The normalized spacial score (nSPS) is 11.2. The molecular weight excluding hydrogens is 426 g/mol. The Balaban J connectivity index is 1.53. The highest BCUT2D eigenvalue weighted by molar-refractivity contribution is 6.28. The molecule has 0 atom stereocenters. The van der Waals surface area contributed by atoms with Crippen molar-refractivity contribution in [3.05, 3.63) is 114 Å². The molecule has 6 aromatic rings. The molecule has 0 amide bonds. The van der Waals surface area contributed by atoms with Crippen LogP contribution in [0.15, 0.2) is 109 Å². The summed E-state index contributed by atoms with van der Waals surface area (Å²) in [6.45, 7) is 0. The summed E-state index contributed by atoms with van der Waals surface area (Å²) in [6, 6.07) is 37.3. The predicted molar refractivity (Wildman–Crippen MR) is 136 cm³/mol. The number of benzene rings is 5. The van der Waals surface area contributed by atoms with E-state index in [-0.39, 0.29) is 5.28 Å². The highest BCUT2D eigenvalue weighted by Crippen LogP contribution is 2.33. The third kappa shape index (κ3) is 3.63. The standard InChI is InChI=1S/C29H18ClN3/c30-29-32-27(22-17-16-21-15-14-20-10-4-5-12-24(20)26(21)18-22)31-28(33-29)25-13-7-6-11-23(25)19-8-2-1-3-9-19/h1-18H. The van der Waals surface area contributed by atoms with Crippen molar-refractivity contribution >= 4 is 33.1 Å². The number of rotatable bonds is 3. The largest absolute Gasteiger partial charge is 0.226 e. The lowest BCUT2D eigenvalue weighted by atomic mass is 9.99. The van der Waals surface area contributed by atoms with Crippen molar-refractivity contribution in [2.24, 2.45) is 0 Å². The molecule has 0 saturated carbocycles. The zero-order valence-corrected chi connectivity index (χ0v) is 18.4. The van der Waals surface area contributed by atoms with Gasteiger partial charge in [0.15, 0.2) is 11.6 Å². The molecular formula is C29H18ClN3. The number of hydrogen-bond donors (Lipinski definition) is 0. The van der Waals surface area contributed by atoms with Crippen LogP contribution in [0.1, 0.15) is 0 Å². The highest BCUT2D eigenvalue weighted by Gasteiger charge is 2.14. The van der Waals surface area contributed by atoms with E-state index in [0.717, 1.165) is 27.6 Å². The van der Waals surface area contributed by atoms with Gasteiger partial charge in [-0.15, -0.1) is 0 Å². The molecule has 3 nitrogen and oxygen atoms in total. The monoisotopic (exact) mass is 443 g/mol. The Labute approximate surface area is 196 Å². The Morgan fingerprint density at radius 3 is 1.94 bits per heavy atom. The minimum atomic E-state index is 0.177. The molecule has 0 aliphatic rings. The van der Waals surface area contributed by atoms with Crippen molar-refractivity contribution in [1.29, 1.82) is 0 Å². The van der Waals surface area contributed by atoms with Crippen LogP contribution in [0.4, 0.5) is 0 Å². The maximum absolute atomic E-state index is 6.40. The molecule has 156 valence electrons. The van der Waals surface area contributed by atoms with E-state index in [9.17, 15) is 0 Å². The minimum Gasteiger partial charge on any atom is -0.208 e. The van der Waals surface area contributed by atoms with Crippen LogP contribution in [0, 0.1) is 0 Å². The summed E-state index contributed by atoms with van der Waals surface area (Å²) < 4.78 is 0. The molecule has 0 saturated heterocycles. The zero-order chi connectivity index (χ0) is 22.2. The van der Waals surface area contributed by atoms with Crippen LogP contribution in [0.2, 0.25) is 5.28 Å². The van der Waals surface area contributed by atoms with E-state index < -0.39 is 0 Å². The summed E-state index contributed by atoms with van der Waals surface area (Å²) in [5.41, 5.74) is 3.97. The molecule has 1 aromatic heterocycles. The Hall–Kier alpha value is -4.08. The fraction of sp³-hybridized carbons (Fsp3) is 0. The van der Waals surface area contributed by atoms with Crippen molar-refractivity contribution in [1.82, 2.24) is 15.0 Å². The third-order valence-corrected chi connectivity index (χ3v) is 6.03. The van der Waals surface area contributed by atoms with Crippen molar-refractivity contribution in [3.8, 4) is 33.9 Å². The van der Waals surface area contributed by atoms with Gasteiger partial charge in [-0.25, -0.2) is 4.98 Å². The van der Waals surface area contributed by atoms with E-state index in [1.54, 1.807) is 0 Å². The van der Waals surface area contributed by atoms with Gasteiger partial charge in [-0.3, -0.25) is 0 Å². The molecule has 0 unspecified atom stereocenters. The van der Waals surface area contributed by atoms with Crippen molar-refractivity contribution in [2.45, 2.75) is 0 Å². The number of nitrogens with zero attached hydrogens (tertiary/aromatic N) is 3. The summed E-state index contributed by atoms with van der Waals surface area (Å²) in [5.74, 6) is 1.12. The number of halogens is 1. The van der Waals surface area contributed by atoms with Gasteiger partial charge in [-0.05, 0) is 50.3 Å². The molecule has 0 spiro atoms. The average Bonchev–Trinajstić information content (AvgIpc) is 2.88. The lowest BCUT2D eigenvalue weighted by molar-refractivity contribution is 1.07. The molecule has 0 fully saturated rings. The van der Waals surface area contributed by atoms with Gasteiger partial charge in [0.05, 0.1) is 0 Å². The molecule has 0 N–H and O–H groups in total. The predicted octanol–water partition coefficient (Wildman–Crippen LogP) is 7.83. The number of aromatic nitrogens is 3. The van der Waals surface area contributed by atoms with Crippen LogP contribution < -0.4 is 0 Å². The zero-order valence-electron chi connectivity index (χ0n) is 17.6. The molecule has 0 aliphatic carbocycles. The fourth-order valence-corrected chi connectivity index (χ4v) is 4.45. The van der Waals surface area contributed by atoms with Crippen LogP contribution in [-0.2, 0) is 0 Å². The summed E-state index contributed by atoms with van der Waals surface area (Å²) in [5, 5.41) is 4.91. The molecule has 6 rings (SSSR count).